The first-order chi connectivity index (χ1) is 13.0. The van der Waals surface area contributed by atoms with Gasteiger partial charge in [0.2, 0.25) is 0 Å². The summed E-state index contributed by atoms with van der Waals surface area (Å²) in [5.74, 6) is 0.577. The third-order valence-electron chi connectivity index (χ3n) is 4.19. The fraction of sp³-hybridized carbons (Fsp3) is 0.556. The fourth-order valence-electron chi connectivity index (χ4n) is 2.68. The molecule has 0 saturated heterocycles. The predicted octanol–water partition coefficient (Wildman–Crippen LogP) is 3.81. The lowest BCUT2D eigenvalue weighted by atomic mass is 10.1. The Bertz CT molecular complexity index is 624. The first-order valence-electron chi connectivity index (χ1n) is 8.68. The Hall–Kier alpha value is -1.78. The Morgan fingerprint density at radius 2 is 1.78 bits per heavy atom. The van der Waals surface area contributed by atoms with Crippen LogP contribution in [-0.4, -0.2) is 48.8 Å². The van der Waals surface area contributed by atoms with Crippen LogP contribution in [0.15, 0.2) is 18.2 Å². The van der Waals surface area contributed by atoms with E-state index < -0.39 is 13.7 Å². The van der Waals surface area contributed by atoms with E-state index >= 15 is 0 Å². The summed E-state index contributed by atoms with van der Waals surface area (Å²) in [5, 5.41) is 11.4. The highest BCUT2D eigenvalue weighted by atomic mass is 28.4. The van der Waals surface area contributed by atoms with E-state index in [1.54, 1.807) is 39.5 Å². The summed E-state index contributed by atoms with van der Waals surface area (Å²) in [6.07, 6.45) is 5.16. The molecule has 0 amide bonds. The van der Waals surface area contributed by atoms with Gasteiger partial charge in [-0.15, -0.1) is 0 Å². The van der Waals surface area contributed by atoms with Gasteiger partial charge in [-0.1, -0.05) is 12.2 Å². The molecular weight excluding hydrogens is 370 g/mol. The molecule has 9 heteroatoms. The predicted molar refractivity (Wildman–Crippen MR) is 105 cm³/mol. The van der Waals surface area contributed by atoms with Gasteiger partial charge in [-0.05, 0) is 25.8 Å². The SMILES string of the molecule is C/C=C/c1cc([N+](=O)[O-])c(COCCCC[Si](OC)(OC)OC)cc1OC. The first-order valence-corrected chi connectivity index (χ1v) is 10.6. The van der Waals surface area contributed by atoms with Gasteiger partial charge in [-0.2, -0.15) is 0 Å². The lowest BCUT2D eigenvalue weighted by Gasteiger charge is -2.24. The molecule has 0 aliphatic carbocycles. The normalized spacial score (nSPS) is 11.9. The molecule has 27 heavy (non-hydrogen) atoms. The quantitative estimate of drug-likeness (QED) is 0.216. The van der Waals surface area contributed by atoms with Crippen molar-refractivity contribution < 1.29 is 27.7 Å². The van der Waals surface area contributed by atoms with Crippen molar-refractivity contribution in [3.63, 3.8) is 0 Å². The van der Waals surface area contributed by atoms with E-state index in [2.05, 4.69) is 0 Å². The van der Waals surface area contributed by atoms with Crippen molar-refractivity contribution in [2.24, 2.45) is 0 Å². The van der Waals surface area contributed by atoms with E-state index in [0.29, 0.717) is 29.5 Å². The maximum absolute atomic E-state index is 11.4. The van der Waals surface area contributed by atoms with Crippen LogP contribution in [0.1, 0.15) is 30.9 Å². The number of methoxy groups -OCH3 is 1. The monoisotopic (exact) mass is 399 g/mol. The zero-order valence-corrected chi connectivity index (χ0v) is 17.6. The summed E-state index contributed by atoms with van der Waals surface area (Å²) in [6.45, 7) is 2.46. The van der Waals surface area contributed by atoms with E-state index in [1.165, 1.54) is 13.2 Å². The molecule has 0 radical (unpaired) electrons. The minimum atomic E-state index is -2.56. The Kier molecular flexibility index (Phi) is 10.2. The highest BCUT2D eigenvalue weighted by Crippen LogP contribution is 2.30. The number of ether oxygens (including phenoxy) is 2. The number of rotatable bonds is 13. The van der Waals surface area contributed by atoms with Crippen LogP contribution in [0.3, 0.4) is 0 Å². The van der Waals surface area contributed by atoms with Gasteiger partial charge in [0.05, 0.1) is 24.2 Å². The highest BCUT2D eigenvalue weighted by Gasteiger charge is 2.36. The summed E-state index contributed by atoms with van der Waals surface area (Å²) in [6, 6.07) is 3.85. The van der Waals surface area contributed by atoms with Gasteiger partial charge >= 0.3 is 8.80 Å². The zero-order valence-electron chi connectivity index (χ0n) is 16.6. The van der Waals surface area contributed by atoms with Gasteiger partial charge < -0.3 is 22.8 Å². The Morgan fingerprint density at radius 1 is 1.11 bits per heavy atom. The van der Waals surface area contributed by atoms with Crippen LogP contribution in [0.4, 0.5) is 5.69 Å². The molecule has 1 aromatic rings. The number of nitro groups is 1. The molecular formula is C18H29NO7Si. The molecule has 0 aliphatic rings. The summed E-state index contributed by atoms with van der Waals surface area (Å²) < 4.78 is 27.1. The lowest BCUT2D eigenvalue weighted by molar-refractivity contribution is -0.386. The average Bonchev–Trinajstić information content (AvgIpc) is 2.68. The summed E-state index contributed by atoms with van der Waals surface area (Å²) in [4.78, 5) is 11.0. The van der Waals surface area contributed by atoms with E-state index in [-0.39, 0.29) is 12.3 Å². The molecule has 0 aromatic heterocycles. The molecule has 1 aromatic carbocycles. The van der Waals surface area contributed by atoms with E-state index in [0.717, 1.165) is 12.8 Å². The van der Waals surface area contributed by atoms with Crippen molar-refractivity contribution in [1.82, 2.24) is 0 Å². The van der Waals surface area contributed by atoms with Crippen LogP contribution >= 0.6 is 0 Å². The Morgan fingerprint density at radius 3 is 2.30 bits per heavy atom. The van der Waals surface area contributed by atoms with Gasteiger partial charge in [0.15, 0.2) is 0 Å². The second-order valence-electron chi connectivity index (χ2n) is 5.79. The second-order valence-corrected chi connectivity index (χ2v) is 8.88. The molecule has 0 unspecified atom stereocenters. The summed E-state index contributed by atoms with van der Waals surface area (Å²) in [5.41, 5.74) is 1.17. The van der Waals surface area contributed by atoms with Gasteiger partial charge in [0.1, 0.15) is 5.75 Å². The number of unbranched alkanes of at least 4 members (excludes halogenated alkanes) is 1. The summed E-state index contributed by atoms with van der Waals surface area (Å²) >= 11 is 0. The standard InChI is InChI=1S/C18H29NO7Si/c1-6-9-15-12-17(19(20)21)16(13-18(15)22-2)14-26-10-7-8-11-27(23-3,24-4)25-5/h6,9,12-13H,7-8,10-11,14H2,1-5H3/b9-6+. The van der Waals surface area contributed by atoms with Gasteiger partial charge in [-0.25, -0.2) is 0 Å². The van der Waals surface area contributed by atoms with Crippen LogP contribution in [0, 0.1) is 10.1 Å². The number of nitro benzene ring substituents is 1. The van der Waals surface area contributed by atoms with Crippen molar-refractivity contribution in [3.8, 4) is 5.75 Å². The number of hydrogen-bond donors (Lipinski definition) is 0. The van der Waals surface area contributed by atoms with E-state index in [9.17, 15) is 10.1 Å². The molecule has 0 fully saturated rings. The minimum Gasteiger partial charge on any atom is -0.496 e. The summed E-state index contributed by atoms with van der Waals surface area (Å²) in [7, 11) is 3.73. The highest BCUT2D eigenvalue weighted by molar-refractivity contribution is 6.60. The van der Waals surface area contributed by atoms with E-state index in [1.807, 2.05) is 6.92 Å². The van der Waals surface area contributed by atoms with Crippen molar-refractivity contribution in [1.29, 1.82) is 0 Å². The van der Waals surface area contributed by atoms with E-state index in [4.69, 9.17) is 22.8 Å². The van der Waals surface area contributed by atoms with Gasteiger partial charge in [0, 0.05) is 45.6 Å². The van der Waals surface area contributed by atoms with Crippen LogP contribution in [0.25, 0.3) is 6.08 Å². The molecule has 1 rings (SSSR count). The largest absolute Gasteiger partial charge is 0.500 e. The van der Waals surface area contributed by atoms with Crippen LogP contribution in [-0.2, 0) is 24.6 Å². The van der Waals surface area contributed by atoms with Crippen LogP contribution in [0.5, 0.6) is 5.75 Å². The van der Waals surface area contributed by atoms with Gasteiger partial charge in [0.25, 0.3) is 5.69 Å². The molecule has 0 bridgehead atoms. The third-order valence-corrected chi connectivity index (χ3v) is 7.02. The molecule has 0 heterocycles. The molecule has 0 atom stereocenters. The molecule has 0 N–H and O–H groups in total. The Balaban J connectivity index is 2.65. The molecule has 0 saturated carbocycles. The average molecular weight is 400 g/mol. The number of allylic oxidation sites excluding steroid dienone is 1. The third kappa shape index (κ3) is 6.71. The second kappa shape index (κ2) is 11.8. The lowest BCUT2D eigenvalue weighted by Crippen LogP contribution is -2.42. The van der Waals surface area contributed by atoms with Crippen molar-refractivity contribution in [3.05, 3.63) is 39.4 Å². The number of benzene rings is 1. The molecule has 152 valence electrons. The maximum atomic E-state index is 11.4. The number of hydrogen-bond acceptors (Lipinski definition) is 7. The first kappa shape index (κ1) is 23.3. The minimum absolute atomic E-state index is 0.0217. The smallest absolute Gasteiger partial charge is 0.496 e. The fourth-order valence-corrected chi connectivity index (χ4v) is 4.48. The van der Waals surface area contributed by atoms with Crippen molar-refractivity contribution in [2.75, 3.05) is 35.0 Å². The maximum Gasteiger partial charge on any atom is 0.500 e. The molecule has 8 nitrogen and oxygen atoms in total. The zero-order chi connectivity index (χ0) is 20.3. The van der Waals surface area contributed by atoms with Crippen molar-refractivity contribution >= 4 is 20.6 Å². The van der Waals surface area contributed by atoms with Crippen LogP contribution < -0.4 is 4.74 Å². The van der Waals surface area contributed by atoms with Gasteiger partial charge in [-0.3, -0.25) is 10.1 Å². The topological polar surface area (TPSA) is 89.3 Å². The van der Waals surface area contributed by atoms with Crippen molar-refractivity contribution in [2.45, 2.75) is 32.4 Å². The Labute approximate surface area is 161 Å². The number of nitrogens with zero attached hydrogens (tertiary/aromatic N) is 1. The molecule has 0 spiro atoms. The van der Waals surface area contributed by atoms with Crippen LogP contribution in [0.2, 0.25) is 6.04 Å². The molecule has 0 aliphatic heterocycles.